The topological polar surface area (TPSA) is 134 Å². The third-order valence-electron chi connectivity index (χ3n) is 6.43. The van der Waals surface area contributed by atoms with Crippen LogP contribution in [0.4, 0.5) is 24.8 Å². The number of ether oxygens (including phenoxy) is 2. The van der Waals surface area contributed by atoms with Gasteiger partial charge in [-0.3, -0.25) is 4.79 Å². The van der Waals surface area contributed by atoms with Gasteiger partial charge in [0.25, 0.3) is 0 Å². The molecule has 1 aliphatic rings. The molecule has 2 aromatic heterocycles. The fraction of sp³-hybridized carbons (Fsp3) is 0.286. The van der Waals surface area contributed by atoms with Crippen molar-refractivity contribution in [2.45, 2.75) is 19.6 Å². The van der Waals surface area contributed by atoms with Crippen LogP contribution in [0.5, 0.6) is 0 Å². The minimum atomic E-state index is -1.02. The molecule has 1 amide bonds. The molecule has 10 nitrogen and oxygen atoms in total. The van der Waals surface area contributed by atoms with Crippen LogP contribution in [-0.4, -0.2) is 57.3 Å². The maximum Gasteiger partial charge on any atom is 0.230 e. The first kappa shape index (κ1) is 28.2. The van der Waals surface area contributed by atoms with E-state index in [2.05, 4.69) is 30.6 Å². The number of anilines is 2. The van der Waals surface area contributed by atoms with Gasteiger partial charge in [0.2, 0.25) is 18.1 Å². The Kier molecular flexibility index (Phi) is 8.28. The van der Waals surface area contributed by atoms with Crippen LogP contribution in [0.25, 0.3) is 22.6 Å². The van der Waals surface area contributed by atoms with E-state index in [0.29, 0.717) is 41.4 Å². The minimum Gasteiger partial charge on any atom is -0.396 e. The zero-order valence-electron chi connectivity index (χ0n) is 22.0. The van der Waals surface area contributed by atoms with E-state index in [0.717, 1.165) is 12.1 Å². The van der Waals surface area contributed by atoms with Crippen molar-refractivity contribution < 1.29 is 32.5 Å². The van der Waals surface area contributed by atoms with E-state index in [-0.39, 0.29) is 37.4 Å². The number of halogens is 3. The van der Waals surface area contributed by atoms with Crippen molar-refractivity contribution in [3.63, 3.8) is 0 Å². The number of aromatic amines is 1. The summed E-state index contributed by atoms with van der Waals surface area (Å²) in [6.07, 6.45) is 0.991. The van der Waals surface area contributed by atoms with Crippen LogP contribution in [0, 0.1) is 22.9 Å². The van der Waals surface area contributed by atoms with Crippen LogP contribution in [0.2, 0.25) is 0 Å². The number of aliphatic hydroxyl groups excluding tert-OH is 1. The predicted octanol–water partition coefficient (Wildman–Crippen LogP) is 4.24. The number of hydrogen-bond donors (Lipinski definition) is 4. The summed E-state index contributed by atoms with van der Waals surface area (Å²) in [6, 6.07) is 10.7. The molecule has 214 valence electrons. The van der Waals surface area contributed by atoms with Crippen molar-refractivity contribution in [1.82, 2.24) is 25.3 Å². The SMILES string of the molecule is CC1(C(=O)NCCCO)COC(c2nc(-c3ccc(F)cc3)c(-c3ccnc(Nc4ccc(F)c(F)c4)n3)[nH]2)OC1. The first-order chi connectivity index (χ1) is 19.8. The second-order valence-electron chi connectivity index (χ2n) is 9.72. The number of H-pyrrole nitrogens is 1. The maximum absolute atomic E-state index is 13.7. The van der Waals surface area contributed by atoms with Crippen molar-refractivity contribution in [2.24, 2.45) is 5.41 Å². The smallest absolute Gasteiger partial charge is 0.230 e. The summed E-state index contributed by atoms with van der Waals surface area (Å²) in [5, 5.41) is 14.6. The van der Waals surface area contributed by atoms with Gasteiger partial charge in [0.1, 0.15) is 5.82 Å². The first-order valence-corrected chi connectivity index (χ1v) is 12.8. The maximum atomic E-state index is 13.7. The number of carbonyl (C=O) groups excluding carboxylic acids is 1. The Balaban J connectivity index is 1.42. The molecule has 0 atom stereocenters. The van der Waals surface area contributed by atoms with Crippen molar-refractivity contribution in [1.29, 1.82) is 0 Å². The molecule has 5 rings (SSSR count). The number of aromatic nitrogens is 4. The van der Waals surface area contributed by atoms with E-state index in [1.807, 2.05) is 0 Å². The molecule has 0 bridgehead atoms. The highest BCUT2D eigenvalue weighted by Crippen LogP contribution is 2.35. The molecule has 0 aliphatic carbocycles. The lowest BCUT2D eigenvalue weighted by Crippen LogP contribution is -2.48. The highest BCUT2D eigenvalue weighted by Gasteiger charge is 2.40. The number of nitrogens with one attached hydrogen (secondary N) is 3. The number of carbonyl (C=O) groups is 1. The van der Waals surface area contributed by atoms with Gasteiger partial charge in [0, 0.05) is 36.7 Å². The van der Waals surface area contributed by atoms with Crippen molar-refractivity contribution in [3.05, 3.63) is 78.0 Å². The zero-order valence-corrected chi connectivity index (χ0v) is 22.0. The molecule has 4 N–H and O–H groups in total. The average Bonchev–Trinajstić information content (AvgIpc) is 3.41. The van der Waals surface area contributed by atoms with Crippen molar-refractivity contribution in [3.8, 4) is 22.6 Å². The zero-order chi connectivity index (χ0) is 29.0. The van der Waals surface area contributed by atoms with Gasteiger partial charge in [-0.2, -0.15) is 0 Å². The Morgan fingerprint density at radius 2 is 1.83 bits per heavy atom. The van der Waals surface area contributed by atoms with E-state index >= 15 is 0 Å². The Morgan fingerprint density at radius 1 is 1.07 bits per heavy atom. The molecule has 4 aromatic rings. The highest BCUT2D eigenvalue weighted by molar-refractivity contribution is 5.82. The van der Waals surface area contributed by atoms with Gasteiger partial charge in [-0.15, -0.1) is 0 Å². The van der Waals surface area contributed by atoms with E-state index in [1.165, 1.54) is 24.4 Å². The van der Waals surface area contributed by atoms with Crippen LogP contribution in [0.1, 0.15) is 25.5 Å². The van der Waals surface area contributed by atoms with Gasteiger partial charge in [0.15, 0.2) is 17.5 Å². The highest BCUT2D eigenvalue weighted by atomic mass is 19.2. The molecule has 41 heavy (non-hydrogen) atoms. The quantitative estimate of drug-likeness (QED) is 0.220. The predicted molar refractivity (Wildman–Crippen MR) is 142 cm³/mol. The normalized spacial score (nSPS) is 18.7. The Labute approximate surface area is 233 Å². The standard InChI is InChI=1S/C28H27F3N6O4/c1-28(26(39)32-10-2-12-38)14-40-25(41-15-28)24-36-22(16-3-5-17(29)6-4-16)23(37-24)21-9-11-33-27(35-21)34-18-7-8-19(30)20(31)13-18/h3-9,11,13,25,38H,2,10,12,14-15H2,1H3,(H,32,39)(H,36,37)(H,33,34,35). The molecule has 0 saturated carbocycles. The molecule has 1 fully saturated rings. The fourth-order valence-corrected chi connectivity index (χ4v) is 4.16. The monoisotopic (exact) mass is 568 g/mol. The summed E-state index contributed by atoms with van der Waals surface area (Å²) in [5.74, 6) is -2.25. The molecule has 1 aliphatic heterocycles. The second-order valence-corrected chi connectivity index (χ2v) is 9.72. The van der Waals surface area contributed by atoms with Crippen LogP contribution in [-0.2, 0) is 14.3 Å². The van der Waals surface area contributed by atoms with Gasteiger partial charge in [0.05, 0.1) is 35.7 Å². The third kappa shape index (κ3) is 6.37. The number of amides is 1. The van der Waals surface area contributed by atoms with E-state index in [4.69, 9.17) is 14.6 Å². The number of hydrogen-bond acceptors (Lipinski definition) is 8. The molecule has 2 aromatic carbocycles. The molecular weight excluding hydrogens is 541 g/mol. The van der Waals surface area contributed by atoms with Crippen LogP contribution in [0.3, 0.4) is 0 Å². The van der Waals surface area contributed by atoms with Gasteiger partial charge in [-0.25, -0.2) is 28.1 Å². The number of imidazole rings is 1. The van der Waals surface area contributed by atoms with Gasteiger partial charge < -0.3 is 30.2 Å². The largest absolute Gasteiger partial charge is 0.396 e. The summed E-state index contributed by atoms with van der Waals surface area (Å²) in [6.45, 7) is 2.14. The summed E-state index contributed by atoms with van der Waals surface area (Å²) < 4.78 is 52.5. The molecule has 1 saturated heterocycles. The summed E-state index contributed by atoms with van der Waals surface area (Å²) in [4.78, 5) is 29.1. The number of benzene rings is 2. The average molecular weight is 569 g/mol. The van der Waals surface area contributed by atoms with Gasteiger partial charge in [-0.05, 0) is 55.8 Å². The molecule has 0 radical (unpaired) electrons. The minimum absolute atomic E-state index is 0.0298. The van der Waals surface area contributed by atoms with Crippen molar-refractivity contribution >= 4 is 17.5 Å². The van der Waals surface area contributed by atoms with Crippen LogP contribution in [0.15, 0.2) is 54.7 Å². The van der Waals surface area contributed by atoms with E-state index < -0.39 is 29.2 Å². The molecule has 0 unspecified atom stereocenters. The number of nitrogens with zero attached hydrogens (tertiary/aromatic N) is 3. The van der Waals surface area contributed by atoms with E-state index in [9.17, 15) is 18.0 Å². The van der Waals surface area contributed by atoms with E-state index in [1.54, 1.807) is 25.1 Å². The summed E-state index contributed by atoms with van der Waals surface area (Å²) >= 11 is 0. The molecular formula is C28H27F3N6O4. The number of aliphatic hydroxyl groups is 1. The van der Waals surface area contributed by atoms with Crippen molar-refractivity contribution in [2.75, 3.05) is 31.7 Å². The Morgan fingerprint density at radius 3 is 2.54 bits per heavy atom. The summed E-state index contributed by atoms with van der Waals surface area (Å²) in [7, 11) is 0. The molecule has 13 heteroatoms. The lowest BCUT2D eigenvalue weighted by molar-refractivity contribution is -0.231. The molecule has 3 heterocycles. The summed E-state index contributed by atoms with van der Waals surface area (Å²) in [5.41, 5.74) is 1.17. The number of rotatable bonds is 9. The lowest BCUT2D eigenvalue weighted by Gasteiger charge is -2.35. The Hall–Kier alpha value is -4.33. The van der Waals surface area contributed by atoms with Crippen LogP contribution >= 0.6 is 0 Å². The van der Waals surface area contributed by atoms with Gasteiger partial charge in [-0.1, -0.05) is 0 Å². The fourth-order valence-electron chi connectivity index (χ4n) is 4.16. The second kappa shape index (κ2) is 12.0. The molecule has 0 spiro atoms. The lowest BCUT2D eigenvalue weighted by atomic mass is 9.91. The van der Waals surface area contributed by atoms with Crippen LogP contribution < -0.4 is 10.6 Å². The third-order valence-corrected chi connectivity index (χ3v) is 6.43. The van der Waals surface area contributed by atoms with Gasteiger partial charge >= 0.3 is 0 Å². The Bertz CT molecular complexity index is 1520. The first-order valence-electron chi connectivity index (χ1n) is 12.8.